The fraction of sp³-hybridized carbons (Fsp3) is 0.320. The molecular weight excluding hydrogens is 430 g/mol. The van der Waals surface area contributed by atoms with E-state index in [0.29, 0.717) is 42.0 Å². The van der Waals surface area contributed by atoms with Crippen molar-refractivity contribution in [1.82, 2.24) is 29.3 Å². The number of fused-ring (bicyclic) bond motifs is 5. The number of hydrogen-bond donors (Lipinski definition) is 1. The Bertz CT molecular complexity index is 1350. The second-order valence-electron chi connectivity index (χ2n) is 8.94. The average Bonchev–Trinajstić information content (AvgIpc) is 3.37. The molecule has 0 saturated heterocycles. The van der Waals surface area contributed by atoms with E-state index in [1.54, 1.807) is 12.4 Å². The molecule has 2 bridgehead atoms. The summed E-state index contributed by atoms with van der Waals surface area (Å²) in [5.41, 5.74) is 4.03. The molecule has 1 atom stereocenters. The quantitative estimate of drug-likeness (QED) is 0.488. The van der Waals surface area contributed by atoms with Crippen molar-refractivity contribution in [3.05, 3.63) is 72.1 Å². The van der Waals surface area contributed by atoms with Gasteiger partial charge in [0.1, 0.15) is 17.8 Å². The number of amides is 1. The smallest absolute Gasteiger partial charge is 0.257 e. The number of pyridine rings is 1. The molecule has 1 amide bonds. The van der Waals surface area contributed by atoms with Crippen molar-refractivity contribution in [1.29, 1.82) is 0 Å². The maximum atomic E-state index is 13.4. The van der Waals surface area contributed by atoms with Crippen molar-refractivity contribution >= 4 is 11.7 Å². The number of carbonyl (C=O) groups excluding carboxylic acids is 1. The van der Waals surface area contributed by atoms with Crippen LogP contribution in [0.3, 0.4) is 0 Å². The van der Waals surface area contributed by atoms with Crippen LogP contribution in [-0.2, 0) is 11.3 Å². The Kier molecular flexibility index (Phi) is 5.18. The molecular formula is C25H25N7O2. The van der Waals surface area contributed by atoms with E-state index >= 15 is 0 Å². The van der Waals surface area contributed by atoms with Crippen molar-refractivity contribution < 1.29 is 9.53 Å². The van der Waals surface area contributed by atoms with Gasteiger partial charge in [-0.2, -0.15) is 0 Å². The van der Waals surface area contributed by atoms with Crippen molar-refractivity contribution in [2.24, 2.45) is 0 Å². The zero-order chi connectivity index (χ0) is 23.1. The lowest BCUT2D eigenvalue weighted by Gasteiger charge is -2.17. The first-order valence-electron chi connectivity index (χ1n) is 11.6. The molecule has 6 rings (SSSR count). The van der Waals surface area contributed by atoms with Crippen LogP contribution in [0, 0.1) is 0 Å². The highest BCUT2D eigenvalue weighted by Crippen LogP contribution is 2.39. The number of nitrogens with zero attached hydrogens (tertiary/aromatic N) is 6. The lowest BCUT2D eigenvalue weighted by Crippen LogP contribution is -2.17. The lowest BCUT2D eigenvalue weighted by atomic mass is 10.1. The monoisotopic (exact) mass is 455 g/mol. The summed E-state index contributed by atoms with van der Waals surface area (Å²) in [6, 6.07) is 11.5. The van der Waals surface area contributed by atoms with Crippen LogP contribution in [0.2, 0.25) is 0 Å². The Labute approximate surface area is 196 Å². The van der Waals surface area contributed by atoms with E-state index in [1.165, 1.54) is 12.8 Å². The van der Waals surface area contributed by atoms with Gasteiger partial charge in [0.05, 0.1) is 18.6 Å². The largest absolute Gasteiger partial charge is 0.377 e. The molecule has 2 aliphatic rings. The van der Waals surface area contributed by atoms with Gasteiger partial charge >= 0.3 is 0 Å². The highest BCUT2D eigenvalue weighted by atomic mass is 16.5. The standard InChI is InChI=1S/C25H25N7O2/c1-16-9-10-34-13-18-7-8-19(31-12-22(26-14-31)17-5-6-17)11-20(18)25(33)29-23-4-2-3-21(28-23)24-30-27-15-32(16)24/h2-4,7-8,11-12,14-17H,5-6,9-10,13H2,1H3,(H,28,29,33)/t16-/m0/s1. The van der Waals surface area contributed by atoms with Crippen LogP contribution in [0.25, 0.3) is 17.2 Å². The number of aromatic nitrogens is 6. The predicted octanol–water partition coefficient (Wildman–Crippen LogP) is 4.14. The van der Waals surface area contributed by atoms with Crippen molar-refractivity contribution in [2.45, 2.75) is 44.8 Å². The van der Waals surface area contributed by atoms with Gasteiger partial charge in [-0.3, -0.25) is 4.79 Å². The third-order valence-corrected chi connectivity index (χ3v) is 6.44. The van der Waals surface area contributed by atoms with Gasteiger partial charge in [0.15, 0.2) is 5.82 Å². The zero-order valence-corrected chi connectivity index (χ0v) is 18.9. The van der Waals surface area contributed by atoms with E-state index in [0.717, 1.165) is 23.4 Å². The van der Waals surface area contributed by atoms with E-state index in [-0.39, 0.29) is 11.9 Å². The number of anilines is 1. The summed E-state index contributed by atoms with van der Waals surface area (Å²) in [5, 5.41) is 11.3. The molecule has 34 heavy (non-hydrogen) atoms. The second-order valence-corrected chi connectivity index (χ2v) is 8.94. The number of rotatable bonds is 2. The van der Waals surface area contributed by atoms with Crippen LogP contribution in [0.5, 0.6) is 0 Å². The maximum Gasteiger partial charge on any atom is 0.257 e. The molecule has 172 valence electrons. The third-order valence-electron chi connectivity index (χ3n) is 6.44. The van der Waals surface area contributed by atoms with Crippen LogP contribution in [0.1, 0.15) is 59.8 Å². The van der Waals surface area contributed by atoms with Gasteiger partial charge in [0.2, 0.25) is 0 Å². The van der Waals surface area contributed by atoms with Gasteiger partial charge in [-0.25, -0.2) is 9.97 Å². The van der Waals surface area contributed by atoms with Crippen molar-refractivity contribution in [3.8, 4) is 17.2 Å². The molecule has 1 aromatic carbocycles. The summed E-state index contributed by atoms with van der Waals surface area (Å²) in [4.78, 5) is 22.6. The van der Waals surface area contributed by atoms with E-state index < -0.39 is 0 Å². The summed E-state index contributed by atoms with van der Waals surface area (Å²) in [6.45, 7) is 2.99. The van der Waals surface area contributed by atoms with E-state index in [4.69, 9.17) is 4.74 Å². The number of imidazole rings is 1. The SMILES string of the molecule is C[C@H]1CCOCc2ccc(-n3cnc(C4CC4)c3)cc2C(=O)Nc2cccc(n2)-c2nncn21. The van der Waals surface area contributed by atoms with Crippen molar-refractivity contribution in [2.75, 3.05) is 11.9 Å². The van der Waals surface area contributed by atoms with E-state index in [2.05, 4.69) is 38.6 Å². The van der Waals surface area contributed by atoms with Gasteiger partial charge in [-0.15, -0.1) is 10.2 Å². The minimum atomic E-state index is -0.237. The maximum absolute atomic E-state index is 13.4. The summed E-state index contributed by atoms with van der Waals surface area (Å²) in [7, 11) is 0. The van der Waals surface area contributed by atoms with Gasteiger partial charge in [0.25, 0.3) is 5.91 Å². The predicted molar refractivity (Wildman–Crippen MR) is 126 cm³/mol. The van der Waals surface area contributed by atoms with Crippen LogP contribution < -0.4 is 5.32 Å². The minimum absolute atomic E-state index is 0.136. The zero-order valence-electron chi connectivity index (χ0n) is 18.9. The third kappa shape index (κ3) is 3.99. The molecule has 1 fully saturated rings. The Morgan fingerprint density at radius 3 is 2.91 bits per heavy atom. The lowest BCUT2D eigenvalue weighted by molar-refractivity contribution is 0.0990. The molecule has 3 aromatic heterocycles. The first kappa shape index (κ1) is 20.7. The molecule has 4 aromatic rings. The number of hydrogen-bond acceptors (Lipinski definition) is 6. The van der Waals surface area contributed by atoms with Gasteiger partial charge in [-0.05, 0) is 56.0 Å². The van der Waals surface area contributed by atoms with Crippen LogP contribution in [-0.4, -0.2) is 41.8 Å². The number of ether oxygens (including phenoxy) is 1. The molecule has 0 unspecified atom stereocenters. The highest BCUT2D eigenvalue weighted by molar-refractivity contribution is 6.05. The molecule has 0 spiro atoms. The first-order valence-corrected chi connectivity index (χ1v) is 11.6. The molecule has 4 heterocycles. The number of benzene rings is 1. The Hall–Kier alpha value is -3.85. The Morgan fingerprint density at radius 1 is 1.12 bits per heavy atom. The molecule has 0 radical (unpaired) electrons. The van der Waals surface area contributed by atoms with E-state index in [1.807, 2.05) is 45.8 Å². The number of carbonyl (C=O) groups is 1. The molecule has 1 N–H and O–H groups in total. The minimum Gasteiger partial charge on any atom is -0.377 e. The summed E-state index contributed by atoms with van der Waals surface area (Å²) in [5.74, 6) is 1.45. The number of nitrogens with one attached hydrogen (secondary N) is 1. The van der Waals surface area contributed by atoms with Crippen LogP contribution in [0.15, 0.2) is 55.2 Å². The summed E-state index contributed by atoms with van der Waals surface area (Å²) in [6.07, 6.45) is 8.75. The van der Waals surface area contributed by atoms with Crippen LogP contribution >= 0.6 is 0 Å². The van der Waals surface area contributed by atoms with Gasteiger partial charge in [0, 0.05) is 36.0 Å². The molecule has 1 aliphatic carbocycles. The first-order chi connectivity index (χ1) is 16.7. The Balaban J connectivity index is 1.37. The average molecular weight is 456 g/mol. The summed E-state index contributed by atoms with van der Waals surface area (Å²) >= 11 is 0. The fourth-order valence-corrected chi connectivity index (χ4v) is 4.27. The molecule has 1 saturated carbocycles. The fourth-order valence-electron chi connectivity index (χ4n) is 4.27. The molecule has 1 aliphatic heterocycles. The topological polar surface area (TPSA) is 99.8 Å². The van der Waals surface area contributed by atoms with Gasteiger partial charge in [-0.1, -0.05) is 12.1 Å². The van der Waals surface area contributed by atoms with E-state index in [9.17, 15) is 4.79 Å². The normalized spacial score (nSPS) is 18.5. The second kappa shape index (κ2) is 8.49. The van der Waals surface area contributed by atoms with Gasteiger partial charge < -0.3 is 19.2 Å². The van der Waals surface area contributed by atoms with Crippen LogP contribution in [0.4, 0.5) is 5.82 Å². The van der Waals surface area contributed by atoms with Crippen molar-refractivity contribution in [3.63, 3.8) is 0 Å². The molecule has 9 nitrogen and oxygen atoms in total. The highest BCUT2D eigenvalue weighted by Gasteiger charge is 2.26. The molecule has 9 heteroatoms. The summed E-state index contributed by atoms with van der Waals surface area (Å²) < 4.78 is 9.95. The Morgan fingerprint density at radius 2 is 2.03 bits per heavy atom.